The van der Waals surface area contributed by atoms with Gasteiger partial charge in [-0.15, -0.1) is 10.2 Å². The Labute approximate surface area is 263 Å². The van der Waals surface area contributed by atoms with E-state index in [1.807, 2.05) is 18.4 Å². The first-order valence-electron chi connectivity index (χ1n) is 15.9. The molecule has 2 amide bonds. The van der Waals surface area contributed by atoms with Crippen LogP contribution in [-0.2, 0) is 36.5 Å². The maximum Gasteiger partial charge on any atom is 0.278 e. The molecule has 6 rings (SSSR count). The van der Waals surface area contributed by atoms with Crippen molar-refractivity contribution in [1.82, 2.24) is 25.0 Å². The predicted octanol–water partition coefficient (Wildman–Crippen LogP) is 4.35. The number of nitrogens with one attached hydrogen (secondary N) is 1. The van der Waals surface area contributed by atoms with Crippen LogP contribution in [-0.4, -0.2) is 61.0 Å². The van der Waals surface area contributed by atoms with Crippen molar-refractivity contribution in [1.29, 1.82) is 0 Å². The zero-order chi connectivity index (χ0) is 31.9. The van der Waals surface area contributed by atoms with Crippen LogP contribution < -0.4 is 10.2 Å². The Morgan fingerprint density at radius 1 is 1.07 bits per heavy atom. The van der Waals surface area contributed by atoms with Crippen LogP contribution >= 0.6 is 0 Å². The van der Waals surface area contributed by atoms with Crippen molar-refractivity contribution in [3.8, 4) is 0 Å². The van der Waals surface area contributed by atoms with E-state index in [-0.39, 0.29) is 23.9 Å². The molecular formula is C34H42FN7O3. The monoisotopic (exact) mass is 615 g/mol. The smallest absolute Gasteiger partial charge is 0.278 e. The van der Waals surface area contributed by atoms with Crippen LogP contribution in [0.5, 0.6) is 0 Å². The van der Waals surface area contributed by atoms with Crippen LogP contribution in [0.4, 0.5) is 10.1 Å². The van der Waals surface area contributed by atoms with Crippen LogP contribution in [0, 0.1) is 11.7 Å². The molecule has 1 saturated carbocycles. The number of aliphatic hydroxyl groups is 1. The Kier molecular flexibility index (Phi) is 8.58. The lowest BCUT2D eigenvalue weighted by Crippen LogP contribution is -2.44. The summed E-state index contributed by atoms with van der Waals surface area (Å²) < 4.78 is 15.5. The molecule has 2 N–H and O–H groups in total. The van der Waals surface area contributed by atoms with Crippen molar-refractivity contribution in [3.05, 3.63) is 76.6 Å². The van der Waals surface area contributed by atoms with E-state index >= 15 is 0 Å². The molecule has 0 bridgehead atoms. The molecule has 1 aromatic heterocycles. The molecule has 45 heavy (non-hydrogen) atoms. The third-order valence-corrected chi connectivity index (χ3v) is 9.01. The standard InChI is InChI=1S/C34H42FN7O3/c1-21(2)36-31(43)24-9-13-27(14-10-24)42-28-17-22(19-40-15-16-41-30(20-40)38-39-33(41)34(3,4)45)5-6-25(28)18-29(42)37-32(44)23-7-11-26(35)12-8-23/h5-8,11-12,17,21,24,27,45H,9-10,13-16,18-20H2,1-4H3,(H,36,43). The summed E-state index contributed by atoms with van der Waals surface area (Å²) in [4.78, 5) is 35.1. The van der Waals surface area contributed by atoms with Gasteiger partial charge in [0.1, 0.15) is 23.1 Å². The molecule has 0 unspecified atom stereocenters. The Bertz CT molecular complexity index is 1600. The molecule has 3 aliphatic rings. The van der Waals surface area contributed by atoms with Gasteiger partial charge in [0.25, 0.3) is 5.91 Å². The number of amidine groups is 1. The molecule has 2 aliphatic heterocycles. The first-order valence-corrected chi connectivity index (χ1v) is 15.9. The van der Waals surface area contributed by atoms with Crippen molar-refractivity contribution < 1.29 is 19.1 Å². The van der Waals surface area contributed by atoms with Gasteiger partial charge in [-0.3, -0.25) is 14.5 Å². The summed E-state index contributed by atoms with van der Waals surface area (Å²) in [5.41, 5.74) is 2.60. The minimum Gasteiger partial charge on any atom is -0.382 e. The highest BCUT2D eigenvalue weighted by Gasteiger charge is 2.37. The summed E-state index contributed by atoms with van der Waals surface area (Å²) in [5, 5.41) is 22.1. The maximum absolute atomic E-state index is 13.5. The van der Waals surface area contributed by atoms with Gasteiger partial charge in [0, 0.05) is 55.3 Å². The maximum atomic E-state index is 13.5. The van der Waals surface area contributed by atoms with E-state index in [4.69, 9.17) is 0 Å². The van der Waals surface area contributed by atoms with Crippen LogP contribution in [0.2, 0.25) is 0 Å². The summed E-state index contributed by atoms with van der Waals surface area (Å²) in [7, 11) is 0. The number of halogens is 1. The number of aromatic nitrogens is 3. The van der Waals surface area contributed by atoms with Crippen LogP contribution in [0.3, 0.4) is 0 Å². The van der Waals surface area contributed by atoms with Crippen LogP contribution in [0.15, 0.2) is 47.5 Å². The highest BCUT2D eigenvalue weighted by atomic mass is 19.1. The minimum atomic E-state index is -1.05. The van der Waals surface area contributed by atoms with Gasteiger partial charge in [0.2, 0.25) is 5.91 Å². The van der Waals surface area contributed by atoms with E-state index in [1.54, 1.807) is 13.8 Å². The molecule has 0 saturated heterocycles. The number of amides is 2. The van der Waals surface area contributed by atoms with E-state index < -0.39 is 17.3 Å². The number of aliphatic imine (C=N–C) groups is 1. The zero-order valence-corrected chi connectivity index (χ0v) is 26.5. The topological polar surface area (TPSA) is 116 Å². The van der Waals surface area contributed by atoms with Crippen molar-refractivity contribution in [2.24, 2.45) is 10.9 Å². The van der Waals surface area contributed by atoms with E-state index in [2.05, 4.69) is 48.5 Å². The Morgan fingerprint density at radius 2 is 1.80 bits per heavy atom. The lowest BCUT2D eigenvalue weighted by Gasteiger charge is -2.36. The second-order valence-corrected chi connectivity index (χ2v) is 13.4. The Balaban J connectivity index is 1.24. The van der Waals surface area contributed by atoms with Gasteiger partial charge in [-0.25, -0.2) is 4.39 Å². The largest absolute Gasteiger partial charge is 0.382 e. The number of rotatable bonds is 7. The van der Waals surface area contributed by atoms with E-state index in [0.717, 1.165) is 61.4 Å². The van der Waals surface area contributed by atoms with E-state index in [9.17, 15) is 19.1 Å². The molecule has 11 heteroatoms. The van der Waals surface area contributed by atoms with Crippen molar-refractivity contribution in [2.45, 2.75) is 97.1 Å². The Morgan fingerprint density at radius 3 is 2.49 bits per heavy atom. The molecule has 2 aromatic carbocycles. The highest BCUT2D eigenvalue weighted by Crippen LogP contribution is 2.38. The number of hydrogen-bond acceptors (Lipinski definition) is 6. The normalized spacial score (nSPS) is 21.2. The summed E-state index contributed by atoms with van der Waals surface area (Å²) in [6.45, 7) is 10.3. The molecule has 0 spiro atoms. The fourth-order valence-corrected chi connectivity index (χ4v) is 6.80. The van der Waals surface area contributed by atoms with Gasteiger partial charge >= 0.3 is 0 Å². The lowest BCUT2D eigenvalue weighted by molar-refractivity contribution is -0.126. The molecule has 0 atom stereocenters. The number of carbonyl (C=O) groups is 2. The number of carbonyl (C=O) groups excluding carboxylic acids is 2. The van der Waals surface area contributed by atoms with Gasteiger partial charge in [-0.05, 0) is 94.8 Å². The highest BCUT2D eigenvalue weighted by molar-refractivity contribution is 6.12. The number of nitrogens with zero attached hydrogens (tertiary/aromatic N) is 6. The van der Waals surface area contributed by atoms with E-state index in [0.29, 0.717) is 36.7 Å². The molecule has 0 radical (unpaired) electrons. The van der Waals surface area contributed by atoms with Gasteiger partial charge in [0.05, 0.1) is 6.54 Å². The van der Waals surface area contributed by atoms with Gasteiger partial charge in [-0.2, -0.15) is 4.99 Å². The number of fused-ring (bicyclic) bond motifs is 2. The molecular weight excluding hydrogens is 573 g/mol. The predicted molar refractivity (Wildman–Crippen MR) is 169 cm³/mol. The van der Waals surface area contributed by atoms with Gasteiger partial charge in [-0.1, -0.05) is 12.1 Å². The molecule has 1 aliphatic carbocycles. The third kappa shape index (κ3) is 6.69. The first kappa shape index (κ1) is 31.0. The third-order valence-electron chi connectivity index (χ3n) is 9.01. The second kappa shape index (κ2) is 12.4. The lowest BCUT2D eigenvalue weighted by atomic mass is 9.84. The van der Waals surface area contributed by atoms with Crippen molar-refractivity contribution in [3.63, 3.8) is 0 Å². The van der Waals surface area contributed by atoms with E-state index in [1.165, 1.54) is 24.3 Å². The molecule has 238 valence electrons. The number of anilines is 1. The van der Waals surface area contributed by atoms with Crippen molar-refractivity contribution in [2.75, 3.05) is 11.4 Å². The van der Waals surface area contributed by atoms with Crippen LogP contribution in [0.1, 0.15) is 86.5 Å². The van der Waals surface area contributed by atoms with Crippen molar-refractivity contribution >= 4 is 23.3 Å². The van der Waals surface area contributed by atoms with Gasteiger partial charge in [0.15, 0.2) is 5.82 Å². The molecule has 3 aromatic rings. The minimum absolute atomic E-state index is 0.0173. The molecule has 1 fully saturated rings. The Hall–Kier alpha value is -3.96. The summed E-state index contributed by atoms with van der Waals surface area (Å²) >= 11 is 0. The summed E-state index contributed by atoms with van der Waals surface area (Å²) in [5.74, 6) is 1.42. The average Bonchev–Trinajstić information content (AvgIpc) is 3.58. The van der Waals surface area contributed by atoms with Crippen LogP contribution in [0.25, 0.3) is 0 Å². The fourth-order valence-electron chi connectivity index (χ4n) is 6.80. The second-order valence-electron chi connectivity index (χ2n) is 13.4. The average molecular weight is 616 g/mol. The quantitative estimate of drug-likeness (QED) is 0.406. The molecule has 3 heterocycles. The number of hydrogen-bond donors (Lipinski definition) is 2. The zero-order valence-electron chi connectivity index (χ0n) is 26.5. The molecule has 10 nitrogen and oxygen atoms in total. The fraction of sp³-hybridized carbons (Fsp3) is 0.500. The SMILES string of the molecule is CC(C)NC(=O)C1CCC(N2C(=NC(=O)c3ccc(F)cc3)Cc3ccc(CN4CCn5c(nnc5C(C)(C)O)C4)cc32)CC1. The summed E-state index contributed by atoms with van der Waals surface area (Å²) in [6.07, 6.45) is 3.71. The number of benzene rings is 2. The first-order chi connectivity index (χ1) is 21.5. The summed E-state index contributed by atoms with van der Waals surface area (Å²) in [6, 6.07) is 12.2. The van der Waals surface area contributed by atoms with Gasteiger partial charge < -0.3 is 19.9 Å².